The Balaban J connectivity index is 3.03. The molecule has 51 valence electrons. The molecule has 0 aliphatic carbocycles. The Morgan fingerprint density at radius 3 is 2.60 bits per heavy atom. The lowest BCUT2D eigenvalue weighted by atomic mass is 10.2. The molecule has 0 aliphatic heterocycles. The predicted molar refractivity (Wildman–Crippen MR) is 42.5 cm³/mol. The van der Waals surface area contributed by atoms with Crippen LogP contribution >= 0.6 is 0 Å². The summed E-state index contributed by atoms with van der Waals surface area (Å²) in [6.45, 7) is 3.53. The zero-order chi connectivity index (χ0) is 7.40. The molecule has 0 amide bonds. The van der Waals surface area contributed by atoms with Crippen molar-refractivity contribution in [1.82, 2.24) is 0 Å². The Hall–Kier alpha value is -1.24. The van der Waals surface area contributed by atoms with Crippen LogP contribution in [0.25, 0.3) is 6.08 Å². The molecule has 1 aromatic rings. The van der Waals surface area contributed by atoms with Gasteiger partial charge in [0.2, 0.25) is 0 Å². The van der Waals surface area contributed by atoms with Crippen LogP contribution in [0.3, 0.4) is 0 Å². The molecule has 0 spiro atoms. The number of rotatable bonds is 1. The number of para-hydroxylation sites is 1. The fraction of sp³-hybridized carbons (Fsp3) is 0. The van der Waals surface area contributed by atoms with Gasteiger partial charge in [-0.2, -0.15) is 0 Å². The second-order valence-electron chi connectivity index (χ2n) is 1.96. The summed E-state index contributed by atoms with van der Waals surface area (Å²) in [5.41, 5.74) is 0.803. The lowest BCUT2D eigenvalue weighted by Crippen LogP contribution is -1.70. The molecule has 0 fully saturated rings. The van der Waals surface area contributed by atoms with E-state index in [4.69, 9.17) is 5.11 Å². The van der Waals surface area contributed by atoms with Crippen molar-refractivity contribution in [1.29, 1.82) is 0 Å². The van der Waals surface area contributed by atoms with Crippen molar-refractivity contribution in [2.75, 3.05) is 0 Å². The van der Waals surface area contributed by atoms with Crippen LogP contribution in [0.4, 0.5) is 0 Å². The van der Waals surface area contributed by atoms with Gasteiger partial charge in [-0.25, -0.2) is 0 Å². The zero-order valence-electron chi connectivity index (χ0n) is 5.62. The largest absolute Gasteiger partial charge is 0.507 e. The number of allylic oxidation sites excluding steroid dienone is 1. The van der Waals surface area contributed by atoms with Crippen molar-refractivity contribution in [2.24, 2.45) is 0 Å². The third-order valence-corrected chi connectivity index (χ3v) is 1.23. The maximum Gasteiger partial charge on any atom is 0.122 e. The Kier molecular flexibility index (Phi) is 2.11. The van der Waals surface area contributed by atoms with Crippen LogP contribution < -0.4 is 0 Å². The van der Waals surface area contributed by atoms with E-state index in [2.05, 4.69) is 6.92 Å². The zero-order valence-corrected chi connectivity index (χ0v) is 5.62. The van der Waals surface area contributed by atoms with Crippen molar-refractivity contribution in [3.05, 3.63) is 42.8 Å². The predicted octanol–water partition coefficient (Wildman–Crippen LogP) is 2.24. The summed E-state index contributed by atoms with van der Waals surface area (Å²) in [4.78, 5) is 0. The number of phenolic OH excluding ortho intramolecular Hbond substituents is 1. The molecule has 1 heteroatoms. The van der Waals surface area contributed by atoms with Gasteiger partial charge in [-0.15, -0.1) is 0 Å². The van der Waals surface area contributed by atoms with E-state index in [1.54, 1.807) is 24.3 Å². The Bertz CT molecular complexity index is 238. The third-order valence-electron chi connectivity index (χ3n) is 1.23. The van der Waals surface area contributed by atoms with E-state index in [0.717, 1.165) is 5.56 Å². The van der Waals surface area contributed by atoms with Crippen LogP contribution in [0.5, 0.6) is 5.75 Å². The van der Waals surface area contributed by atoms with Gasteiger partial charge < -0.3 is 5.11 Å². The fourth-order valence-electron chi connectivity index (χ4n) is 0.755. The van der Waals surface area contributed by atoms with Crippen molar-refractivity contribution < 1.29 is 5.11 Å². The van der Waals surface area contributed by atoms with Gasteiger partial charge in [-0.1, -0.05) is 30.4 Å². The molecule has 1 N–H and O–H groups in total. The Labute approximate surface area is 60.6 Å². The van der Waals surface area contributed by atoms with Gasteiger partial charge in [0.15, 0.2) is 0 Å². The van der Waals surface area contributed by atoms with Gasteiger partial charge in [-0.3, -0.25) is 0 Å². The van der Waals surface area contributed by atoms with E-state index in [1.165, 1.54) is 0 Å². The van der Waals surface area contributed by atoms with Crippen molar-refractivity contribution >= 4 is 6.08 Å². The van der Waals surface area contributed by atoms with Crippen LogP contribution in [0.2, 0.25) is 0 Å². The molecule has 0 saturated carbocycles. The van der Waals surface area contributed by atoms with E-state index >= 15 is 0 Å². The van der Waals surface area contributed by atoms with Gasteiger partial charge in [0.25, 0.3) is 0 Å². The van der Waals surface area contributed by atoms with Gasteiger partial charge in [0.1, 0.15) is 5.75 Å². The molecule has 0 aromatic heterocycles. The number of phenols is 1. The van der Waals surface area contributed by atoms with Crippen molar-refractivity contribution in [2.45, 2.75) is 0 Å². The van der Waals surface area contributed by atoms with E-state index in [-0.39, 0.29) is 0 Å². The molecule has 0 heterocycles. The number of benzene rings is 1. The summed E-state index contributed by atoms with van der Waals surface area (Å²) in [5, 5.41) is 9.16. The summed E-state index contributed by atoms with van der Waals surface area (Å²) in [6.07, 6.45) is 3.41. The van der Waals surface area contributed by atoms with Gasteiger partial charge >= 0.3 is 0 Å². The summed E-state index contributed by atoms with van der Waals surface area (Å²) < 4.78 is 0. The van der Waals surface area contributed by atoms with Crippen LogP contribution in [-0.4, -0.2) is 5.11 Å². The minimum absolute atomic E-state index is 0.294. The van der Waals surface area contributed by atoms with Crippen molar-refractivity contribution in [3.8, 4) is 5.75 Å². The standard InChI is InChI=1S/C9H9O/c1-2-5-8-6-3-4-7-9(8)10/h2-7,10H,1H2/b5-2+. The lowest BCUT2D eigenvalue weighted by molar-refractivity contribution is 0.474. The maximum absolute atomic E-state index is 9.16. The molecule has 1 radical (unpaired) electrons. The molecule has 0 aliphatic rings. The highest BCUT2D eigenvalue weighted by molar-refractivity contribution is 5.56. The topological polar surface area (TPSA) is 20.2 Å². The average Bonchev–Trinajstić information content (AvgIpc) is 1.94. The number of hydrogen-bond acceptors (Lipinski definition) is 1. The van der Waals surface area contributed by atoms with Crippen LogP contribution in [0.1, 0.15) is 5.56 Å². The van der Waals surface area contributed by atoms with Crippen LogP contribution in [-0.2, 0) is 0 Å². The normalized spacial score (nSPS) is 10.5. The maximum atomic E-state index is 9.16. The lowest BCUT2D eigenvalue weighted by Gasteiger charge is -1.94. The highest BCUT2D eigenvalue weighted by Crippen LogP contribution is 2.16. The Morgan fingerprint density at radius 1 is 1.30 bits per heavy atom. The molecule has 1 rings (SSSR count). The third kappa shape index (κ3) is 1.38. The SMILES string of the molecule is [CH2]/C=C/c1ccccc1O. The molecule has 1 aromatic carbocycles. The monoisotopic (exact) mass is 133 g/mol. The second-order valence-corrected chi connectivity index (χ2v) is 1.96. The van der Waals surface area contributed by atoms with E-state index in [0.29, 0.717) is 5.75 Å². The first kappa shape index (κ1) is 6.87. The average molecular weight is 133 g/mol. The number of aromatic hydroxyl groups is 1. The molecule has 1 nitrogen and oxygen atoms in total. The fourth-order valence-corrected chi connectivity index (χ4v) is 0.755. The first-order chi connectivity index (χ1) is 4.84. The molecular formula is C9H9O. The van der Waals surface area contributed by atoms with E-state index in [9.17, 15) is 0 Å². The summed E-state index contributed by atoms with van der Waals surface area (Å²) in [7, 11) is 0. The van der Waals surface area contributed by atoms with Gasteiger partial charge in [0.05, 0.1) is 0 Å². The highest BCUT2D eigenvalue weighted by atomic mass is 16.3. The summed E-state index contributed by atoms with van der Waals surface area (Å²) in [5.74, 6) is 0.294. The molecule has 10 heavy (non-hydrogen) atoms. The number of hydrogen-bond donors (Lipinski definition) is 1. The smallest absolute Gasteiger partial charge is 0.122 e. The molecule has 0 bridgehead atoms. The first-order valence-electron chi connectivity index (χ1n) is 3.08. The van der Waals surface area contributed by atoms with Crippen LogP contribution in [0, 0.1) is 6.92 Å². The minimum atomic E-state index is 0.294. The highest BCUT2D eigenvalue weighted by Gasteiger charge is 1.90. The second kappa shape index (κ2) is 3.06. The molecule has 0 saturated heterocycles. The first-order valence-corrected chi connectivity index (χ1v) is 3.08. The van der Waals surface area contributed by atoms with Crippen molar-refractivity contribution in [3.63, 3.8) is 0 Å². The van der Waals surface area contributed by atoms with Gasteiger partial charge in [-0.05, 0) is 13.0 Å². The quantitative estimate of drug-likeness (QED) is 0.622. The van der Waals surface area contributed by atoms with Gasteiger partial charge in [0, 0.05) is 5.56 Å². The summed E-state index contributed by atoms with van der Waals surface area (Å²) >= 11 is 0. The van der Waals surface area contributed by atoms with E-state index in [1.807, 2.05) is 12.1 Å². The minimum Gasteiger partial charge on any atom is -0.507 e. The Morgan fingerprint density at radius 2 is 2.00 bits per heavy atom. The van der Waals surface area contributed by atoms with E-state index < -0.39 is 0 Å². The van der Waals surface area contributed by atoms with Crippen LogP contribution in [0.15, 0.2) is 30.3 Å². The summed E-state index contributed by atoms with van der Waals surface area (Å²) in [6, 6.07) is 7.14. The molecule has 0 atom stereocenters. The molecule has 0 unspecified atom stereocenters. The molecular weight excluding hydrogens is 124 g/mol.